The van der Waals surface area contributed by atoms with Gasteiger partial charge in [0.1, 0.15) is 0 Å². The molecular formula is C18H28O5. The number of hydrogen-bond donors (Lipinski definition) is 0. The molecule has 1 aliphatic carbocycles. The summed E-state index contributed by atoms with van der Waals surface area (Å²) in [5.74, 6) is 0.0126. The summed E-state index contributed by atoms with van der Waals surface area (Å²) >= 11 is 0. The molecule has 7 atom stereocenters. The lowest BCUT2D eigenvalue weighted by Gasteiger charge is -2.58. The second kappa shape index (κ2) is 5.43. The van der Waals surface area contributed by atoms with E-state index in [0.717, 1.165) is 44.9 Å². The molecule has 0 N–H and O–H groups in total. The fourth-order valence-corrected chi connectivity index (χ4v) is 5.36. The summed E-state index contributed by atoms with van der Waals surface area (Å²) in [5, 5.41) is 0. The fourth-order valence-electron chi connectivity index (χ4n) is 5.36. The molecule has 0 aromatic rings. The first-order chi connectivity index (χ1) is 11.0. The first kappa shape index (κ1) is 15.9. The molecule has 7 unspecified atom stereocenters. The maximum absolute atomic E-state index is 12.6. The van der Waals surface area contributed by atoms with Gasteiger partial charge < -0.3 is 9.47 Å². The standard InChI is InChI=1S/C18H28O5/c1-4-5-6-12-14-8-7-11(2)13-9-10-17(3)21-16(20-15(12)19)18(13,14)23-22-17/h11-14,16H,4-10H2,1-3H3. The highest BCUT2D eigenvalue weighted by Gasteiger charge is 2.70. The van der Waals surface area contributed by atoms with Crippen molar-refractivity contribution in [1.29, 1.82) is 0 Å². The third kappa shape index (κ3) is 2.19. The van der Waals surface area contributed by atoms with E-state index in [1.807, 2.05) is 6.92 Å². The second-order valence-corrected chi connectivity index (χ2v) is 8.10. The summed E-state index contributed by atoms with van der Waals surface area (Å²) in [6.45, 7) is 6.32. The molecule has 4 aliphatic heterocycles. The highest BCUT2D eigenvalue weighted by molar-refractivity contribution is 5.74. The average molecular weight is 324 g/mol. The predicted molar refractivity (Wildman–Crippen MR) is 81.9 cm³/mol. The number of rotatable bonds is 3. The third-order valence-electron chi connectivity index (χ3n) is 6.66. The molecule has 0 amide bonds. The van der Waals surface area contributed by atoms with Gasteiger partial charge in [0.25, 0.3) is 0 Å². The Labute approximate surface area is 137 Å². The number of ether oxygens (including phenoxy) is 2. The third-order valence-corrected chi connectivity index (χ3v) is 6.66. The van der Waals surface area contributed by atoms with Gasteiger partial charge >= 0.3 is 5.97 Å². The lowest BCUT2D eigenvalue weighted by Crippen LogP contribution is -2.70. The molecule has 5 rings (SSSR count). The number of fused-ring (bicyclic) bond motifs is 2. The maximum atomic E-state index is 12.6. The van der Waals surface area contributed by atoms with E-state index in [-0.39, 0.29) is 17.8 Å². The number of carbonyl (C=O) groups is 1. The van der Waals surface area contributed by atoms with Crippen LogP contribution in [0, 0.1) is 23.7 Å². The minimum Gasteiger partial charge on any atom is -0.432 e. The van der Waals surface area contributed by atoms with E-state index in [9.17, 15) is 4.79 Å². The molecule has 130 valence electrons. The topological polar surface area (TPSA) is 54.0 Å². The van der Waals surface area contributed by atoms with Gasteiger partial charge in [-0.25, -0.2) is 9.78 Å². The number of hydrogen-bond acceptors (Lipinski definition) is 5. The highest BCUT2D eigenvalue weighted by Crippen LogP contribution is 2.60. The van der Waals surface area contributed by atoms with Crippen molar-refractivity contribution in [3.8, 4) is 0 Å². The maximum Gasteiger partial charge on any atom is 0.311 e. The van der Waals surface area contributed by atoms with Crippen molar-refractivity contribution >= 4 is 5.97 Å². The van der Waals surface area contributed by atoms with Crippen molar-refractivity contribution in [3.63, 3.8) is 0 Å². The average Bonchev–Trinajstić information content (AvgIpc) is 2.74. The number of carbonyl (C=O) groups excluding carboxylic acids is 1. The molecule has 2 bridgehead atoms. The molecule has 0 aromatic carbocycles. The summed E-state index contributed by atoms with van der Waals surface area (Å²) < 4.78 is 11.9. The zero-order chi connectivity index (χ0) is 16.2. The van der Waals surface area contributed by atoms with Crippen LogP contribution >= 0.6 is 0 Å². The van der Waals surface area contributed by atoms with Gasteiger partial charge in [-0.15, -0.1) is 0 Å². The molecule has 4 saturated heterocycles. The monoisotopic (exact) mass is 324 g/mol. The van der Waals surface area contributed by atoms with Gasteiger partial charge in [0.2, 0.25) is 12.1 Å². The molecule has 1 saturated carbocycles. The van der Waals surface area contributed by atoms with E-state index in [0.29, 0.717) is 11.8 Å². The van der Waals surface area contributed by atoms with Crippen molar-refractivity contribution in [2.45, 2.75) is 83.4 Å². The van der Waals surface area contributed by atoms with Gasteiger partial charge in [-0.05, 0) is 38.5 Å². The Hall–Kier alpha value is -0.650. The van der Waals surface area contributed by atoms with Gasteiger partial charge in [0.15, 0.2) is 5.60 Å². The summed E-state index contributed by atoms with van der Waals surface area (Å²) in [7, 11) is 0. The highest BCUT2D eigenvalue weighted by atomic mass is 17.3. The van der Waals surface area contributed by atoms with Crippen molar-refractivity contribution in [2.75, 3.05) is 0 Å². The molecule has 0 aromatic heterocycles. The van der Waals surface area contributed by atoms with Gasteiger partial charge in [0, 0.05) is 18.3 Å². The Morgan fingerprint density at radius 1 is 1.17 bits per heavy atom. The van der Waals surface area contributed by atoms with Crippen molar-refractivity contribution in [3.05, 3.63) is 0 Å². The Bertz CT molecular complexity index is 494. The molecule has 0 radical (unpaired) electrons. The van der Waals surface area contributed by atoms with Crippen molar-refractivity contribution < 1.29 is 24.0 Å². The molecule has 5 aliphatic rings. The van der Waals surface area contributed by atoms with Gasteiger partial charge in [-0.2, -0.15) is 0 Å². The molecular weight excluding hydrogens is 296 g/mol. The lowest BCUT2D eigenvalue weighted by molar-refractivity contribution is -0.559. The SMILES string of the molecule is CCCCC1C(=O)OC2OC3(C)CCC4C(C)CCC1C24OO3. The Kier molecular flexibility index (Phi) is 3.74. The first-order valence-corrected chi connectivity index (χ1v) is 9.25. The van der Waals surface area contributed by atoms with Crippen LogP contribution in [0.1, 0.15) is 65.7 Å². The lowest BCUT2D eigenvalue weighted by atomic mass is 9.57. The molecule has 4 heterocycles. The minimum absolute atomic E-state index is 0.0872. The van der Waals surface area contributed by atoms with E-state index < -0.39 is 17.7 Å². The zero-order valence-electron chi connectivity index (χ0n) is 14.4. The minimum atomic E-state index is -0.798. The van der Waals surface area contributed by atoms with Crippen molar-refractivity contribution in [2.24, 2.45) is 23.7 Å². The Morgan fingerprint density at radius 3 is 2.78 bits per heavy atom. The number of unbranched alkanes of at least 4 members (excludes halogenated alkanes) is 1. The summed E-state index contributed by atoms with van der Waals surface area (Å²) in [4.78, 5) is 24.4. The van der Waals surface area contributed by atoms with Crippen LogP contribution in [0.4, 0.5) is 0 Å². The predicted octanol–water partition coefficient (Wildman–Crippen LogP) is 3.57. The van der Waals surface area contributed by atoms with Gasteiger partial charge in [-0.1, -0.05) is 26.7 Å². The van der Waals surface area contributed by atoms with Crippen LogP contribution in [0.15, 0.2) is 0 Å². The normalized spacial score (nSPS) is 51.8. The van der Waals surface area contributed by atoms with Crippen LogP contribution in [0.5, 0.6) is 0 Å². The summed E-state index contributed by atoms with van der Waals surface area (Å²) in [5.41, 5.74) is -0.611. The van der Waals surface area contributed by atoms with Crippen LogP contribution in [0.3, 0.4) is 0 Å². The van der Waals surface area contributed by atoms with E-state index in [2.05, 4.69) is 13.8 Å². The zero-order valence-corrected chi connectivity index (χ0v) is 14.4. The fraction of sp³-hybridized carbons (Fsp3) is 0.944. The van der Waals surface area contributed by atoms with Crippen LogP contribution in [-0.4, -0.2) is 23.6 Å². The Balaban J connectivity index is 1.74. The van der Waals surface area contributed by atoms with Crippen LogP contribution in [0.2, 0.25) is 0 Å². The molecule has 5 nitrogen and oxygen atoms in total. The van der Waals surface area contributed by atoms with Crippen molar-refractivity contribution in [1.82, 2.24) is 0 Å². The first-order valence-electron chi connectivity index (χ1n) is 9.25. The van der Waals surface area contributed by atoms with Crippen LogP contribution in [0.25, 0.3) is 0 Å². The van der Waals surface area contributed by atoms with E-state index >= 15 is 0 Å². The summed E-state index contributed by atoms with van der Waals surface area (Å²) in [6.07, 6.45) is 6.28. The van der Waals surface area contributed by atoms with Crippen LogP contribution < -0.4 is 0 Å². The Morgan fingerprint density at radius 2 is 2.00 bits per heavy atom. The second-order valence-electron chi connectivity index (χ2n) is 8.10. The molecule has 23 heavy (non-hydrogen) atoms. The van der Waals surface area contributed by atoms with E-state index in [1.165, 1.54) is 0 Å². The molecule has 1 spiro atoms. The number of esters is 1. The van der Waals surface area contributed by atoms with Gasteiger partial charge in [0.05, 0.1) is 5.92 Å². The largest absolute Gasteiger partial charge is 0.432 e. The molecule has 5 fully saturated rings. The smallest absolute Gasteiger partial charge is 0.311 e. The van der Waals surface area contributed by atoms with E-state index in [1.54, 1.807) is 0 Å². The van der Waals surface area contributed by atoms with Gasteiger partial charge in [-0.3, -0.25) is 4.79 Å². The molecule has 5 heteroatoms. The quantitative estimate of drug-likeness (QED) is 0.587. The van der Waals surface area contributed by atoms with E-state index in [4.69, 9.17) is 19.2 Å². The van der Waals surface area contributed by atoms with Crippen LogP contribution in [-0.2, 0) is 24.0 Å². The summed E-state index contributed by atoms with van der Waals surface area (Å²) in [6, 6.07) is 0.